The van der Waals surface area contributed by atoms with Gasteiger partial charge in [0.25, 0.3) is 5.91 Å². The Balaban J connectivity index is 1.94. The molecule has 3 nitrogen and oxygen atoms in total. The molecule has 106 valence electrons. The molecule has 1 aliphatic rings. The summed E-state index contributed by atoms with van der Waals surface area (Å²) in [5.74, 6) is 0.912. The molecule has 1 amide bonds. The van der Waals surface area contributed by atoms with E-state index in [1.54, 1.807) is 11.3 Å². The molecule has 0 bridgehead atoms. The van der Waals surface area contributed by atoms with Crippen LogP contribution in [0.3, 0.4) is 0 Å². The molecule has 1 aliphatic heterocycles. The summed E-state index contributed by atoms with van der Waals surface area (Å²) in [5.41, 5.74) is 0.903. The van der Waals surface area contributed by atoms with E-state index in [0.29, 0.717) is 5.92 Å². The van der Waals surface area contributed by atoms with Crippen molar-refractivity contribution in [2.45, 2.75) is 27.7 Å². The third-order valence-electron chi connectivity index (χ3n) is 3.55. The maximum atomic E-state index is 12.5. The largest absolute Gasteiger partial charge is 0.336 e. The second-order valence-corrected chi connectivity index (χ2v) is 7.27. The SMILES string of the molecule is Cc1cc(C(=O)N2CCN(CC(C)C)CC2)c(C)s1. The van der Waals surface area contributed by atoms with Crippen molar-refractivity contribution in [3.63, 3.8) is 0 Å². The maximum Gasteiger partial charge on any atom is 0.255 e. The summed E-state index contributed by atoms with van der Waals surface area (Å²) in [6.07, 6.45) is 0. The van der Waals surface area contributed by atoms with Crippen LogP contribution >= 0.6 is 11.3 Å². The van der Waals surface area contributed by atoms with Crippen molar-refractivity contribution in [1.82, 2.24) is 9.80 Å². The Morgan fingerprint density at radius 3 is 2.37 bits per heavy atom. The highest BCUT2D eigenvalue weighted by Gasteiger charge is 2.24. The average molecular weight is 280 g/mol. The molecule has 0 radical (unpaired) electrons. The molecule has 0 aliphatic carbocycles. The number of piperazine rings is 1. The molecule has 0 aromatic carbocycles. The fourth-order valence-electron chi connectivity index (χ4n) is 2.66. The molecule has 1 aromatic rings. The van der Waals surface area contributed by atoms with E-state index >= 15 is 0 Å². The second kappa shape index (κ2) is 6.06. The Kier molecular flexibility index (Phi) is 4.63. The first-order valence-corrected chi connectivity index (χ1v) is 7.87. The van der Waals surface area contributed by atoms with Crippen molar-refractivity contribution in [3.05, 3.63) is 21.4 Å². The van der Waals surface area contributed by atoms with Crippen molar-refractivity contribution in [3.8, 4) is 0 Å². The van der Waals surface area contributed by atoms with Gasteiger partial charge in [0, 0.05) is 42.5 Å². The molecule has 0 saturated carbocycles. The molecule has 1 fully saturated rings. The molecule has 0 unspecified atom stereocenters. The number of nitrogens with zero attached hydrogens (tertiary/aromatic N) is 2. The number of amides is 1. The Morgan fingerprint density at radius 2 is 1.89 bits per heavy atom. The van der Waals surface area contributed by atoms with Crippen LogP contribution in [0.4, 0.5) is 0 Å². The summed E-state index contributed by atoms with van der Waals surface area (Å²) in [5, 5.41) is 0. The second-order valence-electron chi connectivity index (χ2n) is 5.81. The van der Waals surface area contributed by atoms with Crippen LogP contribution in [0.15, 0.2) is 6.07 Å². The van der Waals surface area contributed by atoms with E-state index in [-0.39, 0.29) is 5.91 Å². The molecule has 0 atom stereocenters. The molecule has 19 heavy (non-hydrogen) atoms. The van der Waals surface area contributed by atoms with Gasteiger partial charge >= 0.3 is 0 Å². The van der Waals surface area contributed by atoms with Crippen LogP contribution in [0.5, 0.6) is 0 Å². The van der Waals surface area contributed by atoms with Gasteiger partial charge in [-0.1, -0.05) is 13.8 Å². The fraction of sp³-hybridized carbons (Fsp3) is 0.667. The number of hydrogen-bond acceptors (Lipinski definition) is 3. The van der Waals surface area contributed by atoms with E-state index in [4.69, 9.17) is 0 Å². The van der Waals surface area contributed by atoms with Gasteiger partial charge in [0.05, 0.1) is 5.56 Å². The summed E-state index contributed by atoms with van der Waals surface area (Å²) in [6, 6.07) is 2.03. The zero-order chi connectivity index (χ0) is 14.0. The van der Waals surface area contributed by atoms with Crippen LogP contribution in [0, 0.1) is 19.8 Å². The van der Waals surface area contributed by atoms with Gasteiger partial charge in [-0.15, -0.1) is 11.3 Å². The smallest absolute Gasteiger partial charge is 0.255 e. The van der Waals surface area contributed by atoms with Crippen molar-refractivity contribution in [2.75, 3.05) is 32.7 Å². The zero-order valence-electron chi connectivity index (χ0n) is 12.4. The quantitative estimate of drug-likeness (QED) is 0.850. The Labute approximate surface area is 120 Å². The van der Waals surface area contributed by atoms with Crippen molar-refractivity contribution in [2.24, 2.45) is 5.92 Å². The van der Waals surface area contributed by atoms with Crippen molar-refractivity contribution in [1.29, 1.82) is 0 Å². The van der Waals surface area contributed by atoms with Gasteiger partial charge in [0.15, 0.2) is 0 Å². The zero-order valence-corrected chi connectivity index (χ0v) is 13.2. The van der Waals surface area contributed by atoms with Crippen LogP contribution in [0.1, 0.15) is 34.0 Å². The van der Waals surface area contributed by atoms with Gasteiger partial charge < -0.3 is 4.90 Å². The highest BCUT2D eigenvalue weighted by Crippen LogP contribution is 2.22. The number of thiophene rings is 1. The first-order chi connectivity index (χ1) is 8.97. The van der Waals surface area contributed by atoms with E-state index in [0.717, 1.165) is 43.2 Å². The molecule has 0 spiro atoms. The lowest BCUT2D eigenvalue weighted by atomic mass is 10.1. The molecular weight excluding hydrogens is 256 g/mol. The monoisotopic (exact) mass is 280 g/mol. The molecule has 2 rings (SSSR count). The average Bonchev–Trinajstić information content (AvgIpc) is 2.68. The van der Waals surface area contributed by atoms with E-state index in [1.807, 2.05) is 17.9 Å². The summed E-state index contributed by atoms with van der Waals surface area (Å²) < 4.78 is 0. The Morgan fingerprint density at radius 1 is 1.26 bits per heavy atom. The summed E-state index contributed by atoms with van der Waals surface area (Å²) in [6.45, 7) is 13.5. The molecule has 1 saturated heterocycles. The van der Waals surface area contributed by atoms with Gasteiger partial charge in [0.1, 0.15) is 0 Å². The summed E-state index contributed by atoms with van der Waals surface area (Å²) >= 11 is 1.71. The minimum absolute atomic E-state index is 0.214. The maximum absolute atomic E-state index is 12.5. The first-order valence-electron chi connectivity index (χ1n) is 7.06. The molecule has 1 aromatic heterocycles. The van der Waals surface area contributed by atoms with E-state index < -0.39 is 0 Å². The molecule has 2 heterocycles. The number of rotatable bonds is 3. The van der Waals surface area contributed by atoms with Crippen LogP contribution < -0.4 is 0 Å². The lowest BCUT2D eigenvalue weighted by Crippen LogP contribution is -2.49. The van der Waals surface area contributed by atoms with Gasteiger partial charge in [-0.3, -0.25) is 9.69 Å². The number of hydrogen-bond donors (Lipinski definition) is 0. The van der Waals surface area contributed by atoms with E-state index in [1.165, 1.54) is 4.88 Å². The van der Waals surface area contributed by atoms with Gasteiger partial charge in [-0.25, -0.2) is 0 Å². The molecular formula is C15H24N2OS. The standard InChI is InChI=1S/C15H24N2OS/c1-11(2)10-16-5-7-17(8-6-16)15(18)14-9-12(3)19-13(14)4/h9,11H,5-8,10H2,1-4H3. The molecule has 4 heteroatoms. The third kappa shape index (κ3) is 3.57. The normalized spacial score (nSPS) is 17.2. The Bertz CT molecular complexity index is 445. The minimum Gasteiger partial charge on any atom is -0.336 e. The molecule has 0 N–H and O–H groups in total. The summed E-state index contributed by atoms with van der Waals surface area (Å²) in [7, 11) is 0. The lowest BCUT2D eigenvalue weighted by molar-refractivity contribution is 0.0623. The topological polar surface area (TPSA) is 23.6 Å². The first kappa shape index (κ1) is 14.5. The summed E-state index contributed by atoms with van der Waals surface area (Å²) in [4.78, 5) is 19.3. The van der Waals surface area contributed by atoms with Crippen LogP contribution in [-0.4, -0.2) is 48.4 Å². The number of carbonyl (C=O) groups excluding carboxylic acids is 1. The minimum atomic E-state index is 0.214. The lowest BCUT2D eigenvalue weighted by Gasteiger charge is -2.35. The van der Waals surface area contributed by atoms with Gasteiger partial charge in [0.2, 0.25) is 0 Å². The van der Waals surface area contributed by atoms with E-state index in [9.17, 15) is 4.79 Å². The van der Waals surface area contributed by atoms with Crippen LogP contribution in [-0.2, 0) is 0 Å². The van der Waals surface area contributed by atoms with Gasteiger partial charge in [-0.05, 0) is 25.8 Å². The van der Waals surface area contributed by atoms with Crippen molar-refractivity contribution < 1.29 is 4.79 Å². The van der Waals surface area contributed by atoms with Gasteiger partial charge in [-0.2, -0.15) is 0 Å². The number of carbonyl (C=O) groups is 1. The highest BCUT2D eigenvalue weighted by atomic mass is 32.1. The Hall–Kier alpha value is -0.870. The predicted molar refractivity (Wildman–Crippen MR) is 81.0 cm³/mol. The fourth-order valence-corrected chi connectivity index (χ4v) is 3.58. The van der Waals surface area contributed by atoms with Crippen LogP contribution in [0.25, 0.3) is 0 Å². The van der Waals surface area contributed by atoms with E-state index in [2.05, 4.69) is 25.7 Å². The third-order valence-corrected chi connectivity index (χ3v) is 4.52. The van der Waals surface area contributed by atoms with Crippen molar-refractivity contribution >= 4 is 17.2 Å². The predicted octanol–water partition coefficient (Wildman–Crippen LogP) is 2.78. The number of aryl methyl sites for hydroxylation is 2. The van der Waals surface area contributed by atoms with Crippen LogP contribution in [0.2, 0.25) is 0 Å². The highest BCUT2D eigenvalue weighted by molar-refractivity contribution is 7.12.